The second kappa shape index (κ2) is 5.42. The SMILES string of the molecule is CC(=O)NC1CCN(c2c(F)cc(N)cc2F)CC1. The van der Waals surface area contributed by atoms with Crippen molar-refractivity contribution in [3.8, 4) is 0 Å². The van der Waals surface area contributed by atoms with E-state index in [1.165, 1.54) is 6.92 Å². The van der Waals surface area contributed by atoms with Crippen LogP contribution in [0.15, 0.2) is 12.1 Å². The van der Waals surface area contributed by atoms with Gasteiger partial charge in [0.25, 0.3) is 0 Å². The van der Waals surface area contributed by atoms with Crippen LogP contribution in [0.1, 0.15) is 19.8 Å². The summed E-state index contributed by atoms with van der Waals surface area (Å²) in [6.45, 7) is 2.47. The number of piperidine rings is 1. The van der Waals surface area contributed by atoms with Crippen molar-refractivity contribution in [2.75, 3.05) is 23.7 Å². The van der Waals surface area contributed by atoms with E-state index in [0.29, 0.717) is 25.9 Å². The van der Waals surface area contributed by atoms with Crippen LogP contribution in [-0.4, -0.2) is 25.0 Å². The Hall–Kier alpha value is -1.85. The summed E-state index contributed by atoms with van der Waals surface area (Å²) in [4.78, 5) is 12.6. The van der Waals surface area contributed by atoms with Crippen LogP contribution in [0.3, 0.4) is 0 Å². The van der Waals surface area contributed by atoms with Crippen molar-refractivity contribution in [1.29, 1.82) is 0 Å². The number of halogens is 2. The van der Waals surface area contributed by atoms with Crippen molar-refractivity contribution in [1.82, 2.24) is 5.32 Å². The van der Waals surface area contributed by atoms with Crippen LogP contribution in [0.5, 0.6) is 0 Å². The number of amides is 1. The molecule has 3 N–H and O–H groups in total. The molecule has 1 saturated heterocycles. The number of hydrogen-bond donors (Lipinski definition) is 2. The molecule has 4 nitrogen and oxygen atoms in total. The van der Waals surface area contributed by atoms with Crippen LogP contribution in [0.4, 0.5) is 20.2 Å². The Kier molecular flexibility index (Phi) is 3.87. The molecule has 1 heterocycles. The van der Waals surface area contributed by atoms with E-state index in [2.05, 4.69) is 5.32 Å². The van der Waals surface area contributed by atoms with Gasteiger partial charge in [-0.15, -0.1) is 0 Å². The van der Waals surface area contributed by atoms with Gasteiger partial charge >= 0.3 is 0 Å². The fourth-order valence-corrected chi connectivity index (χ4v) is 2.42. The van der Waals surface area contributed by atoms with Gasteiger partial charge in [-0.2, -0.15) is 0 Å². The average Bonchev–Trinajstić information content (AvgIpc) is 2.29. The minimum atomic E-state index is -0.643. The van der Waals surface area contributed by atoms with E-state index >= 15 is 0 Å². The van der Waals surface area contributed by atoms with Crippen LogP contribution in [0.2, 0.25) is 0 Å². The van der Waals surface area contributed by atoms with Crippen LogP contribution < -0.4 is 16.0 Å². The second-order valence-electron chi connectivity index (χ2n) is 4.80. The van der Waals surface area contributed by atoms with Crippen molar-refractivity contribution >= 4 is 17.3 Å². The summed E-state index contributed by atoms with van der Waals surface area (Å²) in [5.41, 5.74) is 5.43. The highest BCUT2D eigenvalue weighted by molar-refractivity contribution is 5.73. The minimum absolute atomic E-state index is 0.0320. The third-order valence-electron chi connectivity index (χ3n) is 3.26. The first-order valence-electron chi connectivity index (χ1n) is 6.24. The third kappa shape index (κ3) is 3.13. The highest BCUT2D eigenvalue weighted by atomic mass is 19.1. The lowest BCUT2D eigenvalue weighted by Crippen LogP contribution is -2.44. The normalized spacial score (nSPS) is 16.5. The average molecular weight is 269 g/mol. The molecule has 0 bridgehead atoms. The quantitative estimate of drug-likeness (QED) is 0.803. The molecule has 0 atom stereocenters. The molecule has 1 fully saturated rings. The van der Waals surface area contributed by atoms with E-state index < -0.39 is 11.6 Å². The number of nitrogens with two attached hydrogens (primary N) is 1. The number of benzene rings is 1. The van der Waals surface area contributed by atoms with Crippen LogP contribution >= 0.6 is 0 Å². The summed E-state index contributed by atoms with van der Waals surface area (Å²) in [7, 11) is 0. The highest BCUT2D eigenvalue weighted by Crippen LogP contribution is 2.28. The van der Waals surface area contributed by atoms with Gasteiger partial charge in [0, 0.05) is 31.7 Å². The van der Waals surface area contributed by atoms with Gasteiger partial charge in [0.15, 0.2) is 11.6 Å². The van der Waals surface area contributed by atoms with Crippen LogP contribution in [0, 0.1) is 11.6 Å². The summed E-state index contributed by atoms with van der Waals surface area (Å²) in [5, 5.41) is 2.82. The van der Waals surface area contributed by atoms with Crippen molar-refractivity contribution in [2.24, 2.45) is 0 Å². The molecule has 0 unspecified atom stereocenters. The van der Waals surface area contributed by atoms with Gasteiger partial charge in [0.05, 0.1) is 0 Å². The molecule has 1 aromatic rings. The lowest BCUT2D eigenvalue weighted by molar-refractivity contribution is -0.119. The van der Waals surface area contributed by atoms with Gasteiger partial charge in [-0.3, -0.25) is 4.79 Å². The van der Waals surface area contributed by atoms with E-state index in [0.717, 1.165) is 12.1 Å². The van der Waals surface area contributed by atoms with Gasteiger partial charge in [-0.05, 0) is 25.0 Å². The fourth-order valence-electron chi connectivity index (χ4n) is 2.42. The maximum absolute atomic E-state index is 13.8. The molecule has 0 aromatic heterocycles. The number of nitrogens with one attached hydrogen (secondary N) is 1. The van der Waals surface area contributed by atoms with E-state index in [4.69, 9.17) is 5.73 Å². The van der Waals surface area contributed by atoms with Crippen molar-refractivity contribution in [3.63, 3.8) is 0 Å². The Bertz CT molecular complexity index is 462. The van der Waals surface area contributed by atoms with E-state index in [1.54, 1.807) is 4.90 Å². The Balaban J connectivity index is 2.08. The first kappa shape index (κ1) is 13.6. The molecular formula is C13H17F2N3O. The maximum Gasteiger partial charge on any atom is 0.217 e. The predicted octanol–water partition coefficient (Wildman–Crippen LogP) is 1.65. The number of anilines is 2. The molecule has 1 aliphatic rings. The lowest BCUT2D eigenvalue weighted by atomic mass is 10.0. The standard InChI is InChI=1S/C13H17F2N3O/c1-8(19)17-10-2-4-18(5-3-10)13-11(14)6-9(16)7-12(13)15/h6-7,10H,2-5,16H2,1H3,(H,17,19). The number of hydrogen-bond acceptors (Lipinski definition) is 3. The summed E-state index contributed by atoms with van der Waals surface area (Å²) >= 11 is 0. The number of rotatable bonds is 2. The van der Waals surface area contributed by atoms with Crippen molar-refractivity contribution in [3.05, 3.63) is 23.8 Å². The fraction of sp³-hybridized carbons (Fsp3) is 0.462. The Labute approximate surface area is 110 Å². The lowest BCUT2D eigenvalue weighted by Gasteiger charge is -2.34. The summed E-state index contributed by atoms with van der Waals surface area (Å²) in [6, 6.07) is 2.32. The van der Waals surface area contributed by atoms with Gasteiger partial charge in [0.1, 0.15) is 5.69 Å². The molecule has 0 radical (unpaired) electrons. The topological polar surface area (TPSA) is 58.4 Å². The van der Waals surface area contributed by atoms with Gasteiger partial charge in [-0.1, -0.05) is 0 Å². The maximum atomic E-state index is 13.8. The Morgan fingerprint density at radius 1 is 1.32 bits per heavy atom. The third-order valence-corrected chi connectivity index (χ3v) is 3.26. The monoisotopic (exact) mass is 269 g/mol. The molecule has 0 aliphatic carbocycles. The van der Waals surface area contributed by atoms with E-state index in [1.807, 2.05) is 0 Å². The molecule has 2 rings (SSSR count). The number of carbonyl (C=O) groups excluding carboxylic acids is 1. The van der Waals surface area contributed by atoms with E-state index in [-0.39, 0.29) is 23.3 Å². The molecule has 0 saturated carbocycles. The molecule has 1 aromatic carbocycles. The Morgan fingerprint density at radius 2 is 1.84 bits per heavy atom. The summed E-state index contributed by atoms with van der Waals surface area (Å²) in [6.07, 6.45) is 1.34. The molecule has 1 amide bonds. The Morgan fingerprint density at radius 3 is 2.32 bits per heavy atom. The predicted molar refractivity (Wildman–Crippen MR) is 69.8 cm³/mol. The molecule has 0 spiro atoms. The second-order valence-corrected chi connectivity index (χ2v) is 4.80. The van der Waals surface area contributed by atoms with Crippen molar-refractivity contribution < 1.29 is 13.6 Å². The number of nitrogens with zero attached hydrogens (tertiary/aromatic N) is 1. The molecule has 19 heavy (non-hydrogen) atoms. The molecule has 104 valence electrons. The zero-order chi connectivity index (χ0) is 14.0. The van der Waals surface area contributed by atoms with Gasteiger partial charge in [0.2, 0.25) is 5.91 Å². The summed E-state index contributed by atoms with van der Waals surface area (Å²) < 4.78 is 27.5. The van der Waals surface area contributed by atoms with Crippen LogP contribution in [-0.2, 0) is 4.79 Å². The largest absolute Gasteiger partial charge is 0.399 e. The van der Waals surface area contributed by atoms with Gasteiger partial charge < -0.3 is 16.0 Å². The zero-order valence-corrected chi connectivity index (χ0v) is 10.7. The molecule has 6 heteroatoms. The molecular weight excluding hydrogens is 252 g/mol. The van der Waals surface area contributed by atoms with Crippen LogP contribution in [0.25, 0.3) is 0 Å². The summed E-state index contributed by atoms with van der Waals surface area (Å²) in [5.74, 6) is -1.37. The zero-order valence-electron chi connectivity index (χ0n) is 10.7. The van der Waals surface area contributed by atoms with E-state index in [9.17, 15) is 13.6 Å². The highest BCUT2D eigenvalue weighted by Gasteiger charge is 2.24. The minimum Gasteiger partial charge on any atom is -0.399 e. The smallest absolute Gasteiger partial charge is 0.217 e. The number of carbonyl (C=O) groups is 1. The first-order valence-corrected chi connectivity index (χ1v) is 6.24. The van der Waals surface area contributed by atoms with Crippen molar-refractivity contribution in [2.45, 2.75) is 25.8 Å². The molecule has 1 aliphatic heterocycles. The first-order chi connectivity index (χ1) is 8.97. The number of nitrogen functional groups attached to an aromatic ring is 1. The van der Waals surface area contributed by atoms with Gasteiger partial charge in [-0.25, -0.2) is 8.78 Å².